The van der Waals surface area contributed by atoms with Crippen LogP contribution in [-0.2, 0) is 4.74 Å². The molecule has 0 aliphatic carbocycles. The van der Waals surface area contributed by atoms with Crippen molar-refractivity contribution in [3.05, 3.63) is 0 Å². The molecule has 0 aliphatic heterocycles. The van der Waals surface area contributed by atoms with E-state index >= 15 is 0 Å². The van der Waals surface area contributed by atoms with Crippen molar-refractivity contribution < 1.29 is 25.2 Å². The normalized spacial score (nSPS) is 16.0. The zero-order chi connectivity index (χ0) is 27.7. The lowest BCUT2D eigenvalue weighted by Crippen LogP contribution is -2.60. The molecule has 0 aromatic rings. The van der Waals surface area contributed by atoms with Crippen molar-refractivity contribution in [1.29, 1.82) is 0 Å². The minimum Gasteiger partial charge on any atom is -0.393 e. The Morgan fingerprint density at radius 3 is 1.27 bits per heavy atom. The Morgan fingerprint density at radius 2 is 0.865 bits per heavy atom. The van der Waals surface area contributed by atoms with Crippen molar-refractivity contribution >= 4 is 0 Å². The predicted molar refractivity (Wildman–Crippen MR) is 157 cm³/mol. The molecule has 3 unspecified atom stereocenters. The molecule has 5 heteroatoms. The second-order valence-corrected chi connectivity index (χ2v) is 11.7. The molecule has 224 valence electrons. The Balaban J connectivity index is 4.77. The van der Waals surface area contributed by atoms with Crippen molar-refractivity contribution in [3.63, 3.8) is 0 Å². The van der Waals surface area contributed by atoms with Gasteiger partial charge in [0, 0.05) is 6.61 Å². The van der Waals surface area contributed by atoms with Crippen LogP contribution in [0.4, 0.5) is 0 Å². The van der Waals surface area contributed by atoms with E-state index in [0.29, 0.717) is 13.0 Å². The molecule has 0 spiro atoms. The van der Waals surface area contributed by atoms with Crippen molar-refractivity contribution in [3.8, 4) is 0 Å². The number of hydrogen-bond donors (Lipinski definition) is 4. The Kier molecular flexibility index (Phi) is 24.7. The van der Waals surface area contributed by atoms with Crippen LogP contribution < -0.4 is 0 Å². The number of aliphatic hydroxyl groups is 4. The highest BCUT2D eigenvalue weighted by atomic mass is 16.5. The first kappa shape index (κ1) is 36.8. The molecule has 4 N–H and O–H groups in total. The van der Waals surface area contributed by atoms with E-state index in [1.54, 1.807) is 0 Å². The lowest BCUT2D eigenvalue weighted by Gasteiger charge is -2.42. The van der Waals surface area contributed by atoms with Gasteiger partial charge in [-0.05, 0) is 19.3 Å². The number of rotatable bonds is 29. The fraction of sp³-hybridized carbons (Fsp3) is 1.00. The molecule has 0 amide bonds. The Labute approximate surface area is 230 Å². The van der Waals surface area contributed by atoms with Gasteiger partial charge in [-0.3, -0.25) is 0 Å². The smallest absolute Gasteiger partial charge is 0.117 e. The van der Waals surface area contributed by atoms with Gasteiger partial charge >= 0.3 is 0 Å². The molecule has 0 aliphatic rings. The topological polar surface area (TPSA) is 90.2 Å². The quantitative estimate of drug-likeness (QED) is 0.0739. The molecule has 0 aromatic carbocycles. The zero-order valence-electron chi connectivity index (χ0n) is 25.2. The Hall–Kier alpha value is -0.200. The van der Waals surface area contributed by atoms with Gasteiger partial charge in [0.25, 0.3) is 0 Å². The predicted octanol–water partition coefficient (Wildman–Crippen LogP) is 7.85. The van der Waals surface area contributed by atoms with Crippen LogP contribution in [0.1, 0.15) is 168 Å². The van der Waals surface area contributed by atoms with E-state index < -0.39 is 23.9 Å². The van der Waals surface area contributed by atoms with E-state index in [0.717, 1.165) is 51.4 Å². The van der Waals surface area contributed by atoms with E-state index in [2.05, 4.69) is 20.8 Å². The summed E-state index contributed by atoms with van der Waals surface area (Å²) in [4.78, 5) is 0. The number of hydrogen-bond acceptors (Lipinski definition) is 5. The highest BCUT2D eigenvalue weighted by Gasteiger charge is 2.48. The average Bonchev–Trinajstić information content (AvgIpc) is 2.90. The van der Waals surface area contributed by atoms with Gasteiger partial charge in [0.2, 0.25) is 0 Å². The summed E-state index contributed by atoms with van der Waals surface area (Å²) in [6.07, 6.45) is 23.1. The summed E-state index contributed by atoms with van der Waals surface area (Å²) in [5, 5.41) is 44.0. The van der Waals surface area contributed by atoms with Crippen molar-refractivity contribution in [2.75, 3.05) is 19.8 Å². The van der Waals surface area contributed by atoms with Crippen molar-refractivity contribution in [2.24, 2.45) is 0 Å². The van der Waals surface area contributed by atoms with Crippen LogP contribution in [0.5, 0.6) is 0 Å². The molecule has 3 atom stereocenters. The first-order chi connectivity index (χ1) is 17.9. The fourth-order valence-electron chi connectivity index (χ4n) is 5.28. The standard InChI is InChI=1S/C32H66O5/c1-4-7-10-13-16-19-22-25-31(35,28-33)30(34)32(36,26-23-20-17-14-11-8-5-2)29-37-27-24-21-18-15-12-9-6-3/h30,33-36H,4-29H2,1-3H3. The van der Waals surface area contributed by atoms with Crippen LogP contribution in [0.15, 0.2) is 0 Å². The summed E-state index contributed by atoms with van der Waals surface area (Å²) in [7, 11) is 0. The molecule has 0 saturated carbocycles. The van der Waals surface area contributed by atoms with Gasteiger partial charge in [-0.2, -0.15) is 0 Å². The highest BCUT2D eigenvalue weighted by Crippen LogP contribution is 2.31. The lowest BCUT2D eigenvalue weighted by atomic mass is 9.78. The minimum absolute atomic E-state index is 0.000830. The van der Waals surface area contributed by atoms with Crippen molar-refractivity contribution in [2.45, 2.75) is 186 Å². The molecular formula is C32H66O5. The van der Waals surface area contributed by atoms with Gasteiger partial charge in [-0.25, -0.2) is 0 Å². The summed E-state index contributed by atoms with van der Waals surface area (Å²) in [6.45, 7) is 6.63. The van der Waals surface area contributed by atoms with E-state index in [1.165, 1.54) is 83.5 Å². The monoisotopic (exact) mass is 530 g/mol. The van der Waals surface area contributed by atoms with Gasteiger partial charge in [-0.15, -0.1) is 0 Å². The van der Waals surface area contributed by atoms with Crippen LogP contribution in [0.2, 0.25) is 0 Å². The number of aliphatic hydroxyl groups excluding tert-OH is 2. The molecule has 5 nitrogen and oxygen atoms in total. The second-order valence-electron chi connectivity index (χ2n) is 11.7. The summed E-state index contributed by atoms with van der Waals surface area (Å²) in [5.74, 6) is 0. The molecule has 0 aromatic heterocycles. The van der Waals surface area contributed by atoms with Gasteiger partial charge in [0.1, 0.15) is 17.3 Å². The first-order valence-corrected chi connectivity index (χ1v) is 16.2. The van der Waals surface area contributed by atoms with Gasteiger partial charge in [0.15, 0.2) is 0 Å². The number of unbranched alkanes of at least 4 members (excludes halogenated alkanes) is 18. The SMILES string of the molecule is CCCCCCCCCOCC(O)(CCCCCCCCC)C(O)C(O)(CO)CCCCCCCCC. The van der Waals surface area contributed by atoms with Gasteiger partial charge < -0.3 is 25.2 Å². The maximum atomic E-state index is 11.5. The molecular weight excluding hydrogens is 464 g/mol. The Morgan fingerprint density at radius 1 is 0.514 bits per heavy atom. The third kappa shape index (κ3) is 18.7. The third-order valence-corrected chi connectivity index (χ3v) is 7.96. The highest BCUT2D eigenvalue weighted by molar-refractivity contribution is 4.99. The summed E-state index contributed by atoms with van der Waals surface area (Å²) < 4.78 is 5.88. The zero-order valence-corrected chi connectivity index (χ0v) is 25.2. The molecule has 0 saturated heterocycles. The molecule has 0 heterocycles. The first-order valence-electron chi connectivity index (χ1n) is 16.2. The van der Waals surface area contributed by atoms with Crippen LogP contribution in [0.3, 0.4) is 0 Å². The Bertz CT molecular complexity index is 474. The van der Waals surface area contributed by atoms with E-state index in [-0.39, 0.29) is 13.0 Å². The minimum atomic E-state index is -1.71. The number of ether oxygens (including phenoxy) is 1. The van der Waals surface area contributed by atoms with E-state index in [9.17, 15) is 20.4 Å². The van der Waals surface area contributed by atoms with Crippen LogP contribution in [0, 0.1) is 0 Å². The lowest BCUT2D eigenvalue weighted by molar-refractivity contribution is -0.209. The largest absolute Gasteiger partial charge is 0.393 e. The fourth-order valence-corrected chi connectivity index (χ4v) is 5.28. The van der Waals surface area contributed by atoms with Gasteiger partial charge in [0.05, 0.1) is 13.2 Å². The maximum absolute atomic E-state index is 11.5. The van der Waals surface area contributed by atoms with Crippen LogP contribution in [-0.4, -0.2) is 57.6 Å². The molecule has 0 radical (unpaired) electrons. The molecule has 0 bridgehead atoms. The van der Waals surface area contributed by atoms with Crippen LogP contribution >= 0.6 is 0 Å². The van der Waals surface area contributed by atoms with Crippen molar-refractivity contribution in [1.82, 2.24) is 0 Å². The van der Waals surface area contributed by atoms with E-state index in [1.807, 2.05) is 0 Å². The maximum Gasteiger partial charge on any atom is 0.117 e. The third-order valence-electron chi connectivity index (χ3n) is 7.96. The van der Waals surface area contributed by atoms with Gasteiger partial charge in [-0.1, -0.05) is 149 Å². The summed E-state index contributed by atoms with van der Waals surface area (Å²) in [5.41, 5.74) is -3.26. The van der Waals surface area contributed by atoms with E-state index in [4.69, 9.17) is 4.74 Å². The average molecular weight is 531 g/mol. The summed E-state index contributed by atoms with van der Waals surface area (Å²) in [6, 6.07) is 0. The molecule has 37 heavy (non-hydrogen) atoms. The molecule has 0 fully saturated rings. The summed E-state index contributed by atoms with van der Waals surface area (Å²) >= 11 is 0. The second kappa shape index (κ2) is 24.8. The molecule has 0 rings (SSSR count). The van der Waals surface area contributed by atoms with Crippen LogP contribution in [0.25, 0.3) is 0 Å².